The Balaban J connectivity index is 2.53. The van der Waals surface area contributed by atoms with Crippen LogP contribution in [-0.2, 0) is 4.74 Å². The number of carbonyl (C=O) groups excluding carboxylic acids is 1. The van der Waals surface area contributed by atoms with Crippen LogP contribution in [0.15, 0.2) is 15.9 Å². The molecule has 1 aromatic rings. The Morgan fingerprint density at radius 3 is 2.41 bits per heavy atom. The lowest BCUT2D eigenvalue weighted by atomic mass is 10.0. The molecule has 1 amide bonds. The van der Waals surface area contributed by atoms with Crippen molar-refractivity contribution in [2.45, 2.75) is 59.2 Å². The fraction of sp³-hybridized carbons (Fsp3) is 0.688. The van der Waals surface area contributed by atoms with Crippen LogP contribution in [0.5, 0.6) is 0 Å². The zero-order valence-corrected chi connectivity index (χ0v) is 16.6. The van der Waals surface area contributed by atoms with Gasteiger partial charge in [-0.1, -0.05) is 13.8 Å². The summed E-state index contributed by atoms with van der Waals surface area (Å²) in [6.45, 7) is 12.6. The maximum absolute atomic E-state index is 11.8. The SMILES string of the molecule is CC(NC(CNC(=O)OC(C)(C)C)C(C)C)c1ccc(Br)s1. The van der Waals surface area contributed by atoms with Gasteiger partial charge in [-0.3, -0.25) is 0 Å². The molecule has 2 atom stereocenters. The molecule has 4 nitrogen and oxygen atoms in total. The number of rotatable bonds is 6. The van der Waals surface area contributed by atoms with Crippen molar-refractivity contribution in [3.05, 3.63) is 20.8 Å². The van der Waals surface area contributed by atoms with Crippen LogP contribution in [0.4, 0.5) is 4.79 Å². The molecule has 0 radical (unpaired) electrons. The van der Waals surface area contributed by atoms with Gasteiger partial charge >= 0.3 is 6.09 Å². The third kappa shape index (κ3) is 7.11. The molecule has 0 spiro atoms. The van der Waals surface area contributed by atoms with Gasteiger partial charge in [0.2, 0.25) is 0 Å². The number of hydrogen-bond donors (Lipinski definition) is 2. The van der Waals surface area contributed by atoms with E-state index in [2.05, 4.69) is 59.5 Å². The van der Waals surface area contributed by atoms with Crippen molar-refractivity contribution in [3.8, 4) is 0 Å². The van der Waals surface area contributed by atoms with Crippen molar-refractivity contribution in [3.63, 3.8) is 0 Å². The normalized spacial score (nSPS) is 14.7. The zero-order chi connectivity index (χ0) is 16.9. The van der Waals surface area contributed by atoms with E-state index in [-0.39, 0.29) is 18.2 Å². The van der Waals surface area contributed by atoms with Gasteiger partial charge in [-0.15, -0.1) is 11.3 Å². The van der Waals surface area contributed by atoms with Gasteiger partial charge in [-0.05, 0) is 61.7 Å². The van der Waals surface area contributed by atoms with E-state index in [4.69, 9.17) is 4.74 Å². The smallest absolute Gasteiger partial charge is 0.407 e. The molecule has 0 fully saturated rings. The maximum atomic E-state index is 11.8. The topological polar surface area (TPSA) is 50.4 Å². The first-order valence-electron chi connectivity index (χ1n) is 7.56. The first kappa shape index (κ1) is 19.5. The highest BCUT2D eigenvalue weighted by Gasteiger charge is 2.21. The lowest BCUT2D eigenvalue weighted by Gasteiger charge is -2.27. The maximum Gasteiger partial charge on any atom is 0.407 e. The Kier molecular flexibility index (Phi) is 7.35. The van der Waals surface area contributed by atoms with Crippen molar-refractivity contribution in [1.82, 2.24) is 10.6 Å². The van der Waals surface area contributed by atoms with E-state index in [9.17, 15) is 4.79 Å². The second-order valence-corrected chi connectivity index (χ2v) is 9.26. The van der Waals surface area contributed by atoms with Gasteiger partial charge in [0.05, 0.1) is 3.79 Å². The summed E-state index contributed by atoms with van der Waals surface area (Å²) in [4.78, 5) is 13.1. The second kappa shape index (κ2) is 8.31. The van der Waals surface area contributed by atoms with Crippen molar-refractivity contribution >= 4 is 33.4 Å². The molecule has 126 valence electrons. The summed E-state index contributed by atoms with van der Waals surface area (Å²) in [6.07, 6.45) is -0.369. The first-order valence-corrected chi connectivity index (χ1v) is 9.17. The summed E-state index contributed by atoms with van der Waals surface area (Å²) in [5, 5.41) is 6.44. The number of hydrogen-bond acceptors (Lipinski definition) is 4. The van der Waals surface area contributed by atoms with Gasteiger partial charge in [-0.2, -0.15) is 0 Å². The number of carbonyl (C=O) groups is 1. The van der Waals surface area contributed by atoms with Crippen molar-refractivity contribution in [1.29, 1.82) is 0 Å². The van der Waals surface area contributed by atoms with Gasteiger partial charge in [0, 0.05) is 23.5 Å². The fourth-order valence-corrected chi connectivity index (χ4v) is 3.39. The molecule has 2 unspecified atom stereocenters. The minimum atomic E-state index is -0.471. The van der Waals surface area contributed by atoms with Gasteiger partial charge in [-0.25, -0.2) is 4.79 Å². The molecule has 1 rings (SSSR count). The van der Waals surface area contributed by atoms with Crippen LogP contribution in [0.25, 0.3) is 0 Å². The molecule has 1 aromatic heterocycles. The number of nitrogens with one attached hydrogen (secondary N) is 2. The number of amides is 1. The summed E-state index contributed by atoms with van der Waals surface area (Å²) in [5.41, 5.74) is -0.471. The Morgan fingerprint density at radius 1 is 1.32 bits per heavy atom. The predicted octanol–water partition coefficient (Wildman–Crippen LogP) is 4.71. The van der Waals surface area contributed by atoms with E-state index < -0.39 is 5.60 Å². The quantitative estimate of drug-likeness (QED) is 0.738. The monoisotopic (exact) mass is 390 g/mol. The van der Waals surface area contributed by atoms with E-state index in [1.165, 1.54) is 4.88 Å². The molecule has 0 saturated heterocycles. The lowest BCUT2D eigenvalue weighted by molar-refractivity contribution is 0.0518. The fourth-order valence-electron chi connectivity index (χ4n) is 1.96. The Bertz CT molecular complexity index is 483. The van der Waals surface area contributed by atoms with Crippen LogP contribution in [0, 0.1) is 5.92 Å². The van der Waals surface area contributed by atoms with Crippen LogP contribution in [0.3, 0.4) is 0 Å². The molecule has 0 aliphatic rings. The number of ether oxygens (including phenoxy) is 1. The highest BCUT2D eigenvalue weighted by Crippen LogP contribution is 2.27. The molecule has 2 N–H and O–H groups in total. The van der Waals surface area contributed by atoms with Crippen molar-refractivity contribution in [2.24, 2.45) is 5.92 Å². The lowest BCUT2D eigenvalue weighted by Crippen LogP contribution is -2.46. The largest absolute Gasteiger partial charge is 0.444 e. The molecular weight excluding hydrogens is 364 g/mol. The van der Waals surface area contributed by atoms with E-state index in [0.29, 0.717) is 12.5 Å². The summed E-state index contributed by atoms with van der Waals surface area (Å²) in [6, 6.07) is 4.60. The van der Waals surface area contributed by atoms with E-state index in [0.717, 1.165) is 3.79 Å². The highest BCUT2D eigenvalue weighted by atomic mass is 79.9. The third-order valence-electron chi connectivity index (χ3n) is 3.15. The molecule has 6 heteroatoms. The minimum absolute atomic E-state index is 0.184. The molecule has 0 aromatic carbocycles. The van der Waals surface area contributed by atoms with Crippen molar-refractivity contribution in [2.75, 3.05) is 6.54 Å². The summed E-state index contributed by atoms with van der Waals surface area (Å²) in [5.74, 6) is 0.404. The standard InChI is InChI=1S/C16H27BrN2O2S/c1-10(2)12(9-18-15(20)21-16(4,5)6)19-11(3)13-7-8-14(17)22-13/h7-8,10-12,19H,9H2,1-6H3,(H,18,20). The minimum Gasteiger partial charge on any atom is -0.444 e. The average Bonchev–Trinajstić information content (AvgIpc) is 2.78. The second-order valence-electron chi connectivity index (χ2n) is 6.76. The van der Waals surface area contributed by atoms with Crippen molar-refractivity contribution < 1.29 is 9.53 Å². The van der Waals surface area contributed by atoms with E-state index in [1.54, 1.807) is 11.3 Å². The van der Waals surface area contributed by atoms with Crippen LogP contribution in [0.2, 0.25) is 0 Å². The van der Waals surface area contributed by atoms with E-state index in [1.807, 2.05) is 20.8 Å². The highest BCUT2D eigenvalue weighted by molar-refractivity contribution is 9.11. The Labute approximate surface area is 146 Å². The van der Waals surface area contributed by atoms with Crippen LogP contribution in [0.1, 0.15) is 52.5 Å². The van der Waals surface area contributed by atoms with Crippen LogP contribution in [-0.4, -0.2) is 24.3 Å². The summed E-state index contributed by atoms with van der Waals surface area (Å²) in [7, 11) is 0. The summed E-state index contributed by atoms with van der Waals surface area (Å²) >= 11 is 5.21. The van der Waals surface area contributed by atoms with Crippen LogP contribution >= 0.6 is 27.3 Å². The van der Waals surface area contributed by atoms with Gasteiger partial charge in [0.25, 0.3) is 0 Å². The molecule has 22 heavy (non-hydrogen) atoms. The average molecular weight is 391 g/mol. The number of halogens is 1. The number of alkyl carbamates (subject to hydrolysis) is 1. The van der Waals surface area contributed by atoms with Gasteiger partial charge in [0.1, 0.15) is 5.60 Å². The van der Waals surface area contributed by atoms with Crippen LogP contribution < -0.4 is 10.6 Å². The Hall–Kier alpha value is -0.590. The third-order valence-corrected chi connectivity index (χ3v) is 4.96. The molecule has 0 aliphatic carbocycles. The first-order chi connectivity index (χ1) is 10.1. The van der Waals surface area contributed by atoms with E-state index >= 15 is 0 Å². The van der Waals surface area contributed by atoms with Gasteiger partial charge in [0.15, 0.2) is 0 Å². The molecule has 1 heterocycles. The Morgan fingerprint density at radius 2 is 1.95 bits per heavy atom. The molecule has 0 saturated carbocycles. The molecule has 0 bridgehead atoms. The zero-order valence-electron chi connectivity index (χ0n) is 14.2. The predicted molar refractivity (Wildman–Crippen MR) is 96.4 cm³/mol. The molecule has 0 aliphatic heterocycles. The van der Waals surface area contributed by atoms with Gasteiger partial charge < -0.3 is 15.4 Å². The molecular formula is C16H27BrN2O2S. The number of thiophene rings is 1. The summed E-state index contributed by atoms with van der Waals surface area (Å²) < 4.78 is 6.41.